The molecule has 1 saturated heterocycles. The first-order valence-electron chi connectivity index (χ1n) is 6.86. The number of benzene rings is 1. The zero-order valence-corrected chi connectivity index (χ0v) is 10.4. The highest BCUT2D eigenvalue weighted by Gasteiger charge is 2.37. The first kappa shape index (κ1) is 11.2. The van der Waals surface area contributed by atoms with Gasteiger partial charge in [-0.3, -0.25) is 4.90 Å². The van der Waals surface area contributed by atoms with Crippen LogP contribution in [-0.2, 0) is 6.54 Å². The lowest BCUT2D eigenvalue weighted by Gasteiger charge is -2.34. The van der Waals surface area contributed by atoms with Crippen molar-refractivity contribution < 1.29 is 0 Å². The lowest BCUT2D eigenvalue weighted by atomic mass is 9.82. The molecule has 2 N–H and O–H groups in total. The monoisotopic (exact) mass is 230 g/mol. The van der Waals surface area contributed by atoms with Gasteiger partial charge in [0.2, 0.25) is 0 Å². The van der Waals surface area contributed by atoms with Gasteiger partial charge < -0.3 is 5.73 Å². The Labute approximate surface area is 104 Å². The molecule has 1 aromatic rings. The zero-order valence-electron chi connectivity index (χ0n) is 10.4. The standard InChI is InChI=1S/C15H22N2/c16-14-7-6-13-8-9-17(15(13)10-14)11-12-4-2-1-3-5-12/h1-5,13-15H,6-11,16H2. The lowest BCUT2D eigenvalue weighted by Crippen LogP contribution is -2.41. The lowest BCUT2D eigenvalue weighted by molar-refractivity contribution is 0.164. The summed E-state index contributed by atoms with van der Waals surface area (Å²) >= 11 is 0. The molecular weight excluding hydrogens is 208 g/mol. The van der Waals surface area contributed by atoms with Crippen molar-refractivity contribution in [3.63, 3.8) is 0 Å². The molecule has 17 heavy (non-hydrogen) atoms. The van der Waals surface area contributed by atoms with Gasteiger partial charge in [-0.15, -0.1) is 0 Å². The maximum Gasteiger partial charge on any atom is 0.0236 e. The van der Waals surface area contributed by atoms with Crippen molar-refractivity contribution >= 4 is 0 Å². The van der Waals surface area contributed by atoms with E-state index >= 15 is 0 Å². The molecule has 3 unspecified atom stereocenters. The Morgan fingerprint density at radius 2 is 1.94 bits per heavy atom. The number of hydrogen-bond donors (Lipinski definition) is 1. The minimum atomic E-state index is 0.438. The zero-order chi connectivity index (χ0) is 11.7. The van der Waals surface area contributed by atoms with Gasteiger partial charge >= 0.3 is 0 Å². The Morgan fingerprint density at radius 1 is 1.12 bits per heavy atom. The molecule has 1 aromatic carbocycles. The summed E-state index contributed by atoms with van der Waals surface area (Å²) < 4.78 is 0. The Morgan fingerprint density at radius 3 is 2.76 bits per heavy atom. The first-order valence-corrected chi connectivity index (χ1v) is 6.86. The van der Waals surface area contributed by atoms with Crippen molar-refractivity contribution in [1.82, 2.24) is 4.90 Å². The van der Waals surface area contributed by atoms with E-state index in [9.17, 15) is 0 Å². The quantitative estimate of drug-likeness (QED) is 0.845. The molecule has 1 saturated carbocycles. The number of rotatable bonds is 2. The van der Waals surface area contributed by atoms with Gasteiger partial charge in [0.05, 0.1) is 0 Å². The molecule has 2 aliphatic rings. The average Bonchev–Trinajstić information content (AvgIpc) is 2.73. The number of likely N-dealkylation sites (tertiary alicyclic amines) is 1. The maximum absolute atomic E-state index is 6.12. The summed E-state index contributed by atoms with van der Waals surface area (Å²) in [6.45, 7) is 2.37. The number of nitrogens with zero attached hydrogens (tertiary/aromatic N) is 1. The third-order valence-electron chi connectivity index (χ3n) is 4.48. The molecule has 0 spiro atoms. The molecule has 2 nitrogen and oxygen atoms in total. The fourth-order valence-electron chi connectivity index (χ4n) is 3.54. The van der Waals surface area contributed by atoms with Gasteiger partial charge in [-0.2, -0.15) is 0 Å². The molecule has 0 amide bonds. The summed E-state index contributed by atoms with van der Waals surface area (Å²) in [5.74, 6) is 0.915. The summed E-state index contributed by atoms with van der Waals surface area (Å²) in [5.41, 5.74) is 7.56. The van der Waals surface area contributed by atoms with Crippen LogP contribution in [0.15, 0.2) is 30.3 Å². The van der Waals surface area contributed by atoms with Gasteiger partial charge in [-0.25, -0.2) is 0 Å². The summed E-state index contributed by atoms with van der Waals surface area (Å²) in [7, 11) is 0. The van der Waals surface area contributed by atoms with E-state index in [0.29, 0.717) is 6.04 Å². The van der Waals surface area contributed by atoms with E-state index in [1.54, 1.807) is 0 Å². The van der Waals surface area contributed by atoms with Crippen molar-refractivity contribution in [2.24, 2.45) is 11.7 Å². The van der Waals surface area contributed by atoms with E-state index in [0.717, 1.165) is 18.5 Å². The molecule has 1 aliphatic heterocycles. The highest BCUT2D eigenvalue weighted by Crippen LogP contribution is 2.36. The van der Waals surface area contributed by atoms with Crippen molar-refractivity contribution in [2.45, 2.75) is 44.3 Å². The van der Waals surface area contributed by atoms with Crippen molar-refractivity contribution in [3.8, 4) is 0 Å². The predicted molar refractivity (Wildman–Crippen MR) is 70.6 cm³/mol. The van der Waals surface area contributed by atoms with Crippen LogP contribution in [0.4, 0.5) is 0 Å². The van der Waals surface area contributed by atoms with E-state index in [-0.39, 0.29) is 0 Å². The smallest absolute Gasteiger partial charge is 0.0236 e. The Bertz CT molecular complexity index is 362. The molecule has 1 heterocycles. The van der Waals surface area contributed by atoms with Gasteiger partial charge in [0.1, 0.15) is 0 Å². The highest BCUT2D eigenvalue weighted by molar-refractivity contribution is 5.15. The predicted octanol–water partition coefficient (Wildman–Crippen LogP) is 2.39. The van der Waals surface area contributed by atoms with Crippen molar-refractivity contribution in [3.05, 3.63) is 35.9 Å². The fraction of sp³-hybridized carbons (Fsp3) is 0.600. The maximum atomic E-state index is 6.12. The SMILES string of the molecule is NC1CCC2CCN(Cc3ccccc3)C2C1. The third kappa shape index (κ3) is 2.38. The first-order chi connectivity index (χ1) is 8.33. The van der Waals surface area contributed by atoms with Gasteiger partial charge in [0.15, 0.2) is 0 Å². The Hall–Kier alpha value is -0.860. The van der Waals surface area contributed by atoms with E-state index in [1.807, 2.05) is 0 Å². The summed E-state index contributed by atoms with van der Waals surface area (Å²) in [6.07, 6.45) is 5.17. The van der Waals surface area contributed by atoms with E-state index < -0.39 is 0 Å². The molecule has 0 aromatic heterocycles. The molecule has 2 heteroatoms. The molecule has 3 rings (SSSR count). The second kappa shape index (κ2) is 4.79. The fourth-order valence-corrected chi connectivity index (χ4v) is 3.54. The van der Waals surface area contributed by atoms with Crippen molar-refractivity contribution in [2.75, 3.05) is 6.54 Å². The molecule has 0 radical (unpaired) electrons. The molecular formula is C15H22N2. The van der Waals surface area contributed by atoms with Crippen LogP contribution in [0.5, 0.6) is 0 Å². The van der Waals surface area contributed by atoms with Gasteiger partial charge in [0.25, 0.3) is 0 Å². The molecule has 0 bridgehead atoms. The van der Waals surface area contributed by atoms with Crippen LogP contribution < -0.4 is 5.73 Å². The summed E-state index contributed by atoms with van der Waals surface area (Å²) in [6, 6.07) is 12.0. The van der Waals surface area contributed by atoms with Crippen molar-refractivity contribution in [1.29, 1.82) is 0 Å². The number of nitrogens with two attached hydrogens (primary N) is 1. The topological polar surface area (TPSA) is 29.3 Å². The van der Waals surface area contributed by atoms with E-state index in [4.69, 9.17) is 5.73 Å². The molecule has 3 atom stereocenters. The van der Waals surface area contributed by atoms with Gasteiger partial charge in [-0.1, -0.05) is 30.3 Å². The third-order valence-corrected chi connectivity index (χ3v) is 4.48. The van der Waals surface area contributed by atoms with Crippen LogP contribution in [0.25, 0.3) is 0 Å². The van der Waals surface area contributed by atoms with Gasteiger partial charge in [0, 0.05) is 18.6 Å². The minimum Gasteiger partial charge on any atom is -0.328 e. The number of hydrogen-bond acceptors (Lipinski definition) is 2. The van der Waals surface area contributed by atoms with Crippen LogP contribution in [0, 0.1) is 5.92 Å². The average molecular weight is 230 g/mol. The Balaban J connectivity index is 1.68. The Kier molecular flexibility index (Phi) is 3.17. The highest BCUT2D eigenvalue weighted by atomic mass is 15.2. The molecule has 1 aliphatic carbocycles. The van der Waals surface area contributed by atoms with Gasteiger partial charge in [-0.05, 0) is 43.7 Å². The van der Waals surface area contributed by atoms with Crippen LogP contribution in [-0.4, -0.2) is 23.5 Å². The summed E-state index contributed by atoms with van der Waals surface area (Å²) in [5, 5.41) is 0. The van der Waals surface area contributed by atoms with Crippen LogP contribution in [0.1, 0.15) is 31.2 Å². The second-order valence-electron chi connectivity index (χ2n) is 5.65. The molecule has 2 fully saturated rings. The second-order valence-corrected chi connectivity index (χ2v) is 5.65. The normalized spacial score (nSPS) is 33.6. The van der Waals surface area contributed by atoms with E-state index in [2.05, 4.69) is 35.2 Å². The largest absolute Gasteiger partial charge is 0.328 e. The summed E-state index contributed by atoms with van der Waals surface area (Å²) in [4.78, 5) is 2.65. The van der Waals surface area contributed by atoms with Crippen LogP contribution >= 0.6 is 0 Å². The van der Waals surface area contributed by atoms with Crippen LogP contribution in [0.3, 0.4) is 0 Å². The molecule has 92 valence electrons. The minimum absolute atomic E-state index is 0.438. The van der Waals surface area contributed by atoms with Crippen LogP contribution in [0.2, 0.25) is 0 Å². The number of fused-ring (bicyclic) bond motifs is 1. The van der Waals surface area contributed by atoms with E-state index in [1.165, 1.54) is 37.8 Å².